The summed E-state index contributed by atoms with van der Waals surface area (Å²) < 4.78 is 2.25. The molecule has 0 aliphatic heterocycles. The zero-order chi connectivity index (χ0) is 10.8. The van der Waals surface area contributed by atoms with Crippen molar-refractivity contribution in [3.63, 3.8) is 0 Å². The molecular weight excluding hydrogens is 280 g/mol. The maximum absolute atomic E-state index is 5.46. The van der Waals surface area contributed by atoms with E-state index in [1.807, 2.05) is 6.92 Å². The van der Waals surface area contributed by atoms with Gasteiger partial charge in [-0.15, -0.1) is 15.3 Å². The highest BCUT2D eigenvalue weighted by Crippen LogP contribution is 2.14. The maximum Gasteiger partial charge on any atom is 0.240 e. The van der Waals surface area contributed by atoms with Gasteiger partial charge in [0.2, 0.25) is 5.95 Å². The summed E-state index contributed by atoms with van der Waals surface area (Å²) in [6.45, 7) is 2.59. The third kappa shape index (κ3) is 2.32. The van der Waals surface area contributed by atoms with Crippen LogP contribution < -0.4 is 5.73 Å². The van der Waals surface area contributed by atoms with Crippen molar-refractivity contribution in [1.82, 2.24) is 25.0 Å². The fraction of sp³-hybridized carbons (Fsp3) is 0.429. The first-order valence-electron chi connectivity index (χ1n) is 4.36. The Kier molecular flexibility index (Phi) is 2.96. The van der Waals surface area contributed by atoms with E-state index in [0.29, 0.717) is 11.3 Å². The molecule has 0 radical (unpaired) electrons. The Labute approximate surface area is 98.7 Å². The van der Waals surface area contributed by atoms with Gasteiger partial charge in [0.25, 0.3) is 0 Å². The molecule has 15 heavy (non-hydrogen) atoms. The van der Waals surface area contributed by atoms with Gasteiger partial charge in [0.05, 0.1) is 6.54 Å². The minimum absolute atomic E-state index is 0.252. The number of nitrogen functional groups attached to an aromatic ring is 1. The van der Waals surface area contributed by atoms with Crippen molar-refractivity contribution < 1.29 is 0 Å². The van der Waals surface area contributed by atoms with E-state index in [-0.39, 0.29) is 5.95 Å². The molecule has 8 heteroatoms. The highest BCUT2D eigenvalue weighted by Gasteiger charge is 2.08. The summed E-state index contributed by atoms with van der Waals surface area (Å²) in [5, 5.41) is 14.0. The van der Waals surface area contributed by atoms with Crippen LogP contribution in [0.25, 0.3) is 0 Å². The number of aromatic nitrogens is 5. The van der Waals surface area contributed by atoms with E-state index in [2.05, 4.69) is 36.2 Å². The van der Waals surface area contributed by atoms with Crippen LogP contribution in [-0.4, -0.2) is 25.0 Å². The van der Waals surface area contributed by atoms with E-state index in [0.717, 1.165) is 16.4 Å². The lowest BCUT2D eigenvalue weighted by Gasteiger charge is -1.95. The molecule has 0 aliphatic rings. The van der Waals surface area contributed by atoms with Gasteiger partial charge < -0.3 is 5.73 Å². The molecule has 80 valence electrons. The molecule has 2 rings (SSSR count). The molecule has 0 aliphatic carbocycles. The lowest BCUT2D eigenvalue weighted by atomic mass is 10.5. The van der Waals surface area contributed by atoms with Gasteiger partial charge in [-0.25, -0.2) is 4.68 Å². The van der Waals surface area contributed by atoms with Gasteiger partial charge in [-0.1, -0.05) is 18.3 Å². The number of halogens is 1. The fourth-order valence-electron chi connectivity index (χ4n) is 1.06. The lowest BCUT2D eigenvalue weighted by Crippen LogP contribution is -2.02. The molecule has 2 aromatic heterocycles. The first-order chi connectivity index (χ1) is 7.19. The second-order valence-corrected chi connectivity index (χ2v) is 4.70. The van der Waals surface area contributed by atoms with Crippen LogP contribution in [0.1, 0.15) is 16.9 Å². The van der Waals surface area contributed by atoms with Crippen LogP contribution >= 0.6 is 27.3 Å². The maximum atomic E-state index is 5.46. The van der Waals surface area contributed by atoms with Crippen LogP contribution in [0.15, 0.2) is 4.73 Å². The molecule has 2 heterocycles. The lowest BCUT2D eigenvalue weighted by molar-refractivity contribution is 0.661. The van der Waals surface area contributed by atoms with E-state index in [1.165, 1.54) is 0 Å². The molecule has 0 fully saturated rings. The predicted molar refractivity (Wildman–Crippen MR) is 60.5 cm³/mol. The Morgan fingerprint density at radius 1 is 1.40 bits per heavy atom. The van der Waals surface area contributed by atoms with Crippen molar-refractivity contribution in [2.45, 2.75) is 19.9 Å². The number of hydrogen-bond donors (Lipinski definition) is 1. The molecule has 0 spiro atoms. The quantitative estimate of drug-likeness (QED) is 0.914. The molecule has 0 bridgehead atoms. The molecule has 0 aromatic carbocycles. The zero-order valence-corrected chi connectivity index (χ0v) is 10.4. The van der Waals surface area contributed by atoms with Crippen LogP contribution in [0, 0.1) is 0 Å². The molecule has 0 amide bonds. The van der Waals surface area contributed by atoms with Crippen LogP contribution in [0.4, 0.5) is 5.95 Å². The van der Waals surface area contributed by atoms with Crippen molar-refractivity contribution in [3.05, 3.63) is 14.7 Å². The Morgan fingerprint density at radius 3 is 2.67 bits per heavy atom. The number of nitrogens with two attached hydrogens (primary N) is 1. The summed E-state index contributed by atoms with van der Waals surface area (Å²) in [5.41, 5.74) is 5.46. The van der Waals surface area contributed by atoms with E-state index < -0.39 is 0 Å². The normalized spacial score (nSPS) is 10.8. The summed E-state index contributed by atoms with van der Waals surface area (Å²) in [5.74, 6) is 0.252. The van der Waals surface area contributed by atoms with E-state index in [1.54, 1.807) is 16.0 Å². The van der Waals surface area contributed by atoms with Crippen molar-refractivity contribution in [2.24, 2.45) is 0 Å². The minimum Gasteiger partial charge on any atom is -0.366 e. The summed E-state index contributed by atoms with van der Waals surface area (Å²) in [6.07, 6.45) is 0.901. The third-order valence-corrected chi connectivity index (χ3v) is 3.38. The van der Waals surface area contributed by atoms with Crippen LogP contribution in [0.5, 0.6) is 0 Å². The van der Waals surface area contributed by atoms with Crippen molar-refractivity contribution in [3.8, 4) is 0 Å². The Hall–Kier alpha value is -1.02. The second kappa shape index (κ2) is 4.23. The highest BCUT2D eigenvalue weighted by molar-refractivity contribution is 9.10. The van der Waals surface area contributed by atoms with Gasteiger partial charge in [-0.2, -0.15) is 4.98 Å². The number of aryl methyl sites for hydroxylation is 1. The van der Waals surface area contributed by atoms with Gasteiger partial charge in [0.1, 0.15) is 10.0 Å². The average Bonchev–Trinajstić information content (AvgIpc) is 2.75. The fourth-order valence-corrected chi connectivity index (χ4v) is 2.22. The van der Waals surface area contributed by atoms with Crippen molar-refractivity contribution >= 4 is 33.2 Å². The van der Waals surface area contributed by atoms with Crippen LogP contribution in [0.2, 0.25) is 0 Å². The molecule has 2 aromatic rings. The number of hydrogen-bond acceptors (Lipinski definition) is 6. The van der Waals surface area contributed by atoms with E-state index in [4.69, 9.17) is 5.73 Å². The molecular formula is C7H9BrN6S. The highest BCUT2D eigenvalue weighted by atomic mass is 79.9. The molecule has 0 saturated carbocycles. The van der Waals surface area contributed by atoms with Gasteiger partial charge in [-0.05, 0) is 22.4 Å². The first-order valence-corrected chi connectivity index (χ1v) is 5.97. The number of anilines is 1. The molecule has 6 nitrogen and oxygen atoms in total. The Morgan fingerprint density at radius 2 is 2.13 bits per heavy atom. The molecule has 2 N–H and O–H groups in total. The molecule has 0 unspecified atom stereocenters. The smallest absolute Gasteiger partial charge is 0.240 e. The molecule has 0 saturated heterocycles. The second-order valence-electron chi connectivity index (χ2n) is 2.84. The number of nitrogens with zero attached hydrogens (tertiary/aromatic N) is 5. The average molecular weight is 289 g/mol. The monoisotopic (exact) mass is 288 g/mol. The summed E-state index contributed by atoms with van der Waals surface area (Å²) in [6, 6.07) is 0. The van der Waals surface area contributed by atoms with E-state index >= 15 is 0 Å². The minimum atomic E-state index is 0.252. The first kappa shape index (κ1) is 10.5. The summed E-state index contributed by atoms with van der Waals surface area (Å²) in [4.78, 5) is 3.94. The topological polar surface area (TPSA) is 82.5 Å². The number of rotatable bonds is 3. The summed E-state index contributed by atoms with van der Waals surface area (Å²) >= 11 is 4.84. The molecule has 0 atom stereocenters. The summed E-state index contributed by atoms with van der Waals surface area (Å²) in [7, 11) is 0. The van der Waals surface area contributed by atoms with Crippen LogP contribution in [0.3, 0.4) is 0 Å². The predicted octanol–water partition coefficient (Wildman–Crippen LogP) is 1.08. The zero-order valence-electron chi connectivity index (χ0n) is 8.01. The largest absolute Gasteiger partial charge is 0.366 e. The van der Waals surface area contributed by atoms with Crippen molar-refractivity contribution in [1.29, 1.82) is 0 Å². The SMILES string of the molecule is CCc1nnc(Cn2nc(N)nc2Br)s1. The van der Waals surface area contributed by atoms with Gasteiger partial charge in [-0.3, -0.25) is 0 Å². The Bertz CT molecular complexity index is 464. The Balaban J connectivity index is 2.17. The third-order valence-electron chi connectivity index (χ3n) is 1.74. The van der Waals surface area contributed by atoms with Gasteiger partial charge in [0, 0.05) is 0 Å². The van der Waals surface area contributed by atoms with Crippen molar-refractivity contribution in [2.75, 3.05) is 5.73 Å². The van der Waals surface area contributed by atoms with Crippen LogP contribution in [-0.2, 0) is 13.0 Å². The van der Waals surface area contributed by atoms with Gasteiger partial charge in [0.15, 0.2) is 4.73 Å². The van der Waals surface area contributed by atoms with E-state index in [9.17, 15) is 0 Å². The van der Waals surface area contributed by atoms with Gasteiger partial charge >= 0.3 is 0 Å². The standard InChI is InChI=1S/C7H9BrN6S/c1-2-4-11-12-5(15-4)3-14-6(8)10-7(9)13-14/h2-3H2,1H3,(H2,9,13).